The van der Waals surface area contributed by atoms with E-state index in [0.717, 1.165) is 5.56 Å². The summed E-state index contributed by atoms with van der Waals surface area (Å²) < 4.78 is 18.3. The fraction of sp³-hybridized carbons (Fsp3) is 0.235. The van der Waals surface area contributed by atoms with Gasteiger partial charge in [0.1, 0.15) is 11.6 Å². The summed E-state index contributed by atoms with van der Waals surface area (Å²) in [5, 5.41) is 3.37. The monoisotopic (exact) mass is 353 g/mol. The summed E-state index contributed by atoms with van der Waals surface area (Å²) in [6, 6.07) is 13.3. The van der Waals surface area contributed by atoms with Crippen LogP contribution in [0, 0.1) is 5.82 Å². The third-order valence-corrected chi connectivity index (χ3v) is 4.19. The summed E-state index contributed by atoms with van der Waals surface area (Å²) in [7, 11) is 0. The Balaban J connectivity index is 1.58. The first-order valence-electron chi connectivity index (χ1n) is 7.11. The van der Waals surface area contributed by atoms with Crippen LogP contribution in [-0.2, 0) is 11.3 Å². The van der Waals surface area contributed by atoms with Gasteiger partial charge < -0.3 is 10.1 Å². The van der Waals surface area contributed by atoms with Crippen molar-refractivity contribution in [2.45, 2.75) is 6.54 Å². The van der Waals surface area contributed by atoms with E-state index in [-0.39, 0.29) is 11.7 Å². The summed E-state index contributed by atoms with van der Waals surface area (Å²) >= 11 is 7.46. The van der Waals surface area contributed by atoms with E-state index >= 15 is 0 Å². The SMILES string of the molecule is O=C(CSCCOc1ccccc1Cl)NCc1ccc(F)cc1. The minimum atomic E-state index is -0.283. The molecule has 0 aromatic heterocycles. The van der Waals surface area contributed by atoms with Gasteiger partial charge in [0.15, 0.2) is 0 Å². The Labute approximate surface area is 144 Å². The fourth-order valence-corrected chi connectivity index (χ4v) is 2.61. The van der Waals surface area contributed by atoms with Crippen molar-refractivity contribution < 1.29 is 13.9 Å². The molecule has 0 bridgehead atoms. The first-order valence-corrected chi connectivity index (χ1v) is 8.64. The van der Waals surface area contributed by atoms with Crippen LogP contribution in [0.25, 0.3) is 0 Å². The maximum absolute atomic E-state index is 12.8. The second-order valence-corrected chi connectivity index (χ2v) is 6.25. The van der Waals surface area contributed by atoms with Crippen molar-refractivity contribution in [3.63, 3.8) is 0 Å². The van der Waals surface area contributed by atoms with Crippen LogP contribution in [0.1, 0.15) is 5.56 Å². The van der Waals surface area contributed by atoms with Crippen LogP contribution in [0.5, 0.6) is 5.75 Å². The van der Waals surface area contributed by atoms with Crippen molar-refractivity contribution >= 4 is 29.3 Å². The van der Waals surface area contributed by atoms with Gasteiger partial charge in [-0.3, -0.25) is 4.79 Å². The molecule has 0 aliphatic rings. The number of benzene rings is 2. The van der Waals surface area contributed by atoms with Gasteiger partial charge in [0.25, 0.3) is 0 Å². The molecule has 122 valence electrons. The summed E-state index contributed by atoms with van der Waals surface area (Å²) in [4.78, 5) is 11.7. The van der Waals surface area contributed by atoms with Gasteiger partial charge in [-0.15, -0.1) is 11.8 Å². The molecule has 0 aliphatic carbocycles. The lowest BCUT2D eigenvalue weighted by atomic mass is 10.2. The Morgan fingerprint density at radius 1 is 1.17 bits per heavy atom. The van der Waals surface area contributed by atoms with Crippen molar-refractivity contribution in [1.82, 2.24) is 5.32 Å². The summed E-state index contributed by atoms with van der Waals surface area (Å²) in [5.41, 5.74) is 0.867. The Morgan fingerprint density at radius 3 is 2.65 bits per heavy atom. The molecule has 0 saturated heterocycles. The molecule has 0 atom stereocenters. The zero-order valence-electron chi connectivity index (χ0n) is 12.4. The molecule has 23 heavy (non-hydrogen) atoms. The topological polar surface area (TPSA) is 38.3 Å². The Kier molecular flexibility index (Phi) is 7.23. The quantitative estimate of drug-likeness (QED) is 0.731. The first kappa shape index (κ1) is 17.6. The standard InChI is InChI=1S/C17H17ClFNO2S/c18-15-3-1-2-4-16(15)22-9-10-23-12-17(21)20-11-13-5-7-14(19)8-6-13/h1-8H,9-12H2,(H,20,21). The molecule has 3 nitrogen and oxygen atoms in total. The molecule has 0 saturated carbocycles. The number of carbonyl (C=O) groups is 1. The van der Waals surface area contributed by atoms with Gasteiger partial charge in [0.2, 0.25) is 5.91 Å². The van der Waals surface area contributed by atoms with Crippen LogP contribution in [0.15, 0.2) is 48.5 Å². The molecule has 0 fully saturated rings. The van der Waals surface area contributed by atoms with E-state index in [1.165, 1.54) is 23.9 Å². The molecular weight excluding hydrogens is 337 g/mol. The lowest BCUT2D eigenvalue weighted by molar-refractivity contribution is -0.118. The Morgan fingerprint density at radius 2 is 1.91 bits per heavy atom. The molecule has 2 aromatic carbocycles. The second-order valence-electron chi connectivity index (χ2n) is 4.73. The zero-order chi connectivity index (χ0) is 16.5. The Hall–Kier alpha value is -1.72. The molecule has 0 spiro atoms. The lowest BCUT2D eigenvalue weighted by Crippen LogP contribution is -2.24. The van der Waals surface area contributed by atoms with Crippen molar-refractivity contribution in [1.29, 1.82) is 0 Å². The van der Waals surface area contributed by atoms with Crippen LogP contribution in [0.4, 0.5) is 4.39 Å². The highest BCUT2D eigenvalue weighted by atomic mass is 35.5. The highest BCUT2D eigenvalue weighted by Gasteiger charge is 2.03. The van der Waals surface area contributed by atoms with Gasteiger partial charge in [-0.25, -0.2) is 4.39 Å². The second kappa shape index (κ2) is 9.43. The van der Waals surface area contributed by atoms with Gasteiger partial charge in [0, 0.05) is 12.3 Å². The molecule has 0 unspecified atom stereocenters. The molecule has 1 N–H and O–H groups in total. The average molecular weight is 354 g/mol. The van der Waals surface area contributed by atoms with Crippen LogP contribution in [-0.4, -0.2) is 24.0 Å². The van der Waals surface area contributed by atoms with Gasteiger partial charge in [-0.05, 0) is 29.8 Å². The Bertz CT molecular complexity index is 637. The highest BCUT2D eigenvalue weighted by Crippen LogP contribution is 2.23. The number of hydrogen-bond donors (Lipinski definition) is 1. The molecule has 2 rings (SSSR count). The predicted molar refractivity (Wildman–Crippen MR) is 92.5 cm³/mol. The number of thioether (sulfide) groups is 1. The van der Waals surface area contributed by atoms with Gasteiger partial charge >= 0.3 is 0 Å². The normalized spacial score (nSPS) is 10.3. The molecule has 2 aromatic rings. The van der Waals surface area contributed by atoms with Crippen LogP contribution < -0.4 is 10.1 Å². The molecular formula is C17H17ClFNO2S. The maximum atomic E-state index is 12.8. The van der Waals surface area contributed by atoms with Crippen LogP contribution in [0.2, 0.25) is 5.02 Å². The van der Waals surface area contributed by atoms with Crippen molar-refractivity contribution in [2.75, 3.05) is 18.1 Å². The first-order chi connectivity index (χ1) is 11.1. The largest absolute Gasteiger partial charge is 0.491 e. The number of ether oxygens (including phenoxy) is 1. The number of nitrogens with one attached hydrogen (secondary N) is 1. The van der Waals surface area contributed by atoms with E-state index in [0.29, 0.717) is 35.4 Å². The smallest absolute Gasteiger partial charge is 0.230 e. The highest BCUT2D eigenvalue weighted by molar-refractivity contribution is 7.99. The summed E-state index contributed by atoms with van der Waals surface area (Å²) in [6.45, 7) is 0.884. The average Bonchev–Trinajstić information content (AvgIpc) is 2.55. The van der Waals surface area contributed by atoms with Crippen molar-refractivity contribution in [3.05, 3.63) is 64.9 Å². The molecule has 6 heteroatoms. The third kappa shape index (κ3) is 6.50. The predicted octanol–water partition coefficient (Wildman–Crippen LogP) is 3.91. The summed E-state index contributed by atoms with van der Waals surface area (Å²) in [5.74, 6) is 1.35. The number of amides is 1. The zero-order valence-corrected chi connectivity index (χ0v) is 14.0. The van der Waals surface area contributed by atoms with E-state index < -0.39 is 0 Å². The lowest BCUT2D eigenvalue weighted by Gasteiger charge is -2.08. The van der Waals surface area contributed by atoms with E-state index in [9.17, 15) is 9.18 Å². The molecule has 1 amide bonds. The summed E-state index contributed by atoms with van der Waals surface area (Å²) in [6.07, 6.45) is 0. The number of hydrogen-bond acceptors (Lipinski definition) is 3. The van der Waals surface area contributed by atoms with Gasteiger partial charge in [-0.1, -0.05) is 35.9 Å². The fourth-order valence-electron chi connectivity index (χ4n) is 1.79. The van der Waals surface area contributed by atoms with Crippen LogP contribution >= 0.6 is 23.4 Å². The number of carbonyl (C=O) groups excluding carboxylic acids is 1. The number of rotatable bonds is 8. The number of halogens is 2. The van der Waals surface area contributed by atoms with E-state index in [1.807, 2.05) is 18.2 Å². The van der Waals surface area contributed by atoms with Crippen molar-refractivity contribution in [3.8, 4) is 5.75 Å². The van der Waals surface area contributed by atoms with Crippen LogP contribution in [0.3, 0.4) is 0 Å². The van der Waals surface area contributed by atoms with Gasteiger partial charge in [-0.2, -0.15) is 0 Å². The maximum Gasteiger partial charge on any atom is 0.230 e. The van der Waals surface area contributed by atoms with E-state index in [4.69, 9.17) is 16.3 Å². The van der Waals surface area contributed by atoms with Gasteiger partial charge in [0.05, 0.1) is 17.4 Å². The van der Waals surface area contributed by atoms with E-state index in [2.05, 4.69) is 5.32 Å². The molecule has 0 aliphatic heterocycles. The van der Waals surface area contributed by atoms with Crippen molar-refractivity contribution in [2.24, 2.45) is 0 Å². The third-order valence-electron chi connectivity index (χ3n) is 2.96. The van der Waals surface area contributed by atoms with E-state index in [1.54, 1.807) is 18.2 Å². The minimum Gasteiger partial charge on any atom is -0.491 e. The molecule has 0 radical (unpaired) electrons. The molecule has 0 heterocycles. The minimum absolute atomic E-state index is 0.0583. The number of para-hydroxylation sites is 1.